The van der Waals surface area contributed by atoms with Gasteiger partial charge in [-0.2, -0.15) is 0 Å². The van der Waals surface area contributed by atoms with E-state index in [9.17, 15) is 9.59 Å². The van der Waals surface area contributed by atoms with E-state index in [4.69, 9.17) is 10.5 Å². The van der Waals surface area contributed by atoms with Crippen LogP contribution in [0.25, 0.3) is 0 Å². The molecule has 1 atom stereocenters. The van der Waals surface area contributed by atoms with Gasteiger partial charge in [0.25, 0.3) is 5.91 Å². The van der Waals surface area contributed by atoms with Crippen molar-refractivity contribution in [2.24, 2.45) is 5.92 Å². The van der Waals surface area contributed by atoms with Gasteiger partial charge in [-0.05, 0) is 73.4 Å². The molecule has 0 spiro atoms. The second kappa shape index (κ2) is 8.69. The molecular formula is C24H27N3O3. The number of nitrogens with zero attached hydrogens (tertiary/aromatic N) is 1. The third-order valence-electron chi connectivity index (χ3n) is 6.10. The first-order valence-electron chi connectivity index (χ1n) is 10.6. The largest absolute Gasteiger partial charge is 0.481 e. The normalized spacial score (nSPS) is 18.0. The molecular weight excluding hydrogens is 378 g/mol. The van der Waals surface area contributed by atoms with Crippen molar-refractivity contribution in [3.05, 3.63) is 64.7 Å². The first-order valence-corrected chi connectivity index (χ1v) is 10.6. The maximum atomic E-state index is 12.7. The molecule has 6 nitrogen and oxygen atoms in total. The van der Waals surface area contributed by atoms with Gasteiger partial charge in [0.2, 0.25) is 0 Å². The maximum absolute atomic E-state index is 12.7. The number of rotatable bonds is 5. The van der Waals surface area contributed by atoms with Gasteiger partial charge in [-0.3, -0.25) is 15.0 Å². The number of anilines is 1. The van der Waals surface area contributed by atoms with E-state index in [0.29, 0.717) is 11.4 Å². The minimum absolute atomic E-state index is 0.152. The highest BCUT2D eigenvalue weighted by atomic mass is 16.4. The van der Waals surface area contributed by atoms with Crippen LogP contribution in [0.3, 0.4) is 0 Å². The van der Waals surface area contributed by atoms with Crippen molar-refractivity contribution in [1.29, 1.82) is 5.41 Å². The number of amidine groups is 1. The zero-order valence-corrected chi connectivity index (χ0v) is 17.0. The van der Waals surface area contributed by atoms with Gasteiger partial charge in [0, 0.05) is 36.3 Å². The topological polar surface area (TPSA) is 93.5 Å². The van der Waals surface area contributed by atoms with Gasteiger partial charge in [-0.15, -0.1) is 0 Å². The van der Waals surface area contributed by atoms with Crippen molar-refractivity contribution >= 4 is 23.4 Å². The molecule has 0 saturated carbocycles. The number of amides is 1. The summed E-state index contributed by atoms with van der Waals surface area (Å²) < 4.78 is 0. The zero-order valence-electron chi connectivity index (χ0n) is 17.0. The molecule has 1 aliphatic heterocycles. The lowest BCUT2D eigenvalue weighted by atomic mass is 9.82. The van der Waals surface area contributed by atoms with Crippen molar-refractivity contribution in [2.45, 2.75) is 38.5 Å². The Bertz CT molecular complexity index is 962. The van der Waals surface area contributed by atoms with Gasteiger partial charge >= 0.3 is 5.97 Å². The fourth-order valence-corrected chi connectivity index (χ4v) is 4.44. The van der Waals surface area contributed by atoms with E-state index in [-0.39, 0.29) is 18.2 Å². The fourth-order valence-electron chi connectivity index (χ4n) is 4.44. The number of aryl methyl sites for hydroxylation is 1. The molecule has 2 aliphatic rings. The number of nitrogens with one attached hydrogen (secondary N) is 2. The highest BCUT2D eigenvalue weighted by Gasteiger charge is 2.21. The Morgan fingerprint density at radius 3 is 2.43 bits per heavy atom. The molecule has 1 fully saturated rings. The molecule has 1 heterocycles. The zero-order chi connectivity index (χ0) is 21.1. The smallest absolute Gasteiger partial charge is 0.303 e. The van der Waals surface area contributed by atoms with Gasteiger partial charge in [0.15, 0.2) is 0 Å². The number of carbonyl (C=O) groups excluding carboxylic acids is 1. The summed E-state index contributed by atoms with van der Waals surface area (Å²) >= 11 is 0. The molecule has 1 unspecified atom stereocenters. The lowest BCUT2D eigenvalue weighted by Crippen LogP contribution is -2.27. The first kappa shape index (κ1) is 20.1. The van der Waals surface area contributed by atoms with Crippen molar-refractivity contribution in [1.82, 2.24) is 4.90 Å². The molecule has 0 bridgehead atoms. The SMILES string of the molecule is N=C(c1ccc(C(=O)Nc2ccc3c(c2)CC(CC(=O)O)CC3)cc1)N1CCCC1. The minimum Gasteiger partial charge on any atom is -0.481 e. The molecule has 0 aromatic heterocycles. The Morgan fingerprint density at radius 1 is 1.03 bits per heavy atom. The number of carbonyl (C=O) groups is 2. The molecule has 1 aliphatic carbocycles. The first-order chi connectivity index (χ1) is 14.5. The maximum Gasteiger partial charge on any atom is 0.303 e. The van der Waals surface area contributed by atoms with E-state index >= 15 is 0 Å². The minimum atomic E-state index is -0.755. The van der Waals surface area contributed by atoms with Gasteiger partial charge in [0.1, 0.15) is 5.84 Å². The van der Waals surface area contributed by atoms with Crippen LogP contribution in [0.1, 0.15) is 52.7 Å². The molecule has 1 amide bonds. The van der Waals surface area contributed by atoms with Crippen LogP contribution < -0.4 is 5.32 Å². The average Bonchev–Trinajstić information content (AvgIpc) is 3.27. The van der Waals surface area contributed by atoms with Gasteiger partial charge in [-0.25, -0.2) is 0 Å². The number of hydrogen-bond acceptors (Lipinski definition) is 3. The summed E-state index contributed by atoms with van der Waals surface area (Å²) in [4.78, 5) is 25.8. The summed E-state index contributed by atoms with van der Waals surface area (Å²) in [6.07, 6.45) is 4.95. The van der Waals surface area contributed by atoms with Gasteiger partial charge in [0.05, 0.1) is 0 Å². The summed E-state index contributed by atoms with van der Waals surface area (Å²) in [6, 6.07) is 13.1. The van der Waals surface area contributed by atoms with E-state index in [1.165, 1.54) is 5.56 Å². The monoisotopic (exact) mass is 405 g/mol. The summed E-state index contributed by atoms with van der Waals surface area (Å²) in [6.45, 7) is 1.85. The predicted molar refractivity (Wildman–Crippen MR) is 116 cm³/mol. The van der Waals surface area contributed by atoms with Crippen LogP contribution in [0, 0.1) is 11.3 Å². The van der Waals surface area contributed by atoms with E-state index < -0.39 is 5.97 Å². The number of aliphatic carboxylic acids is 1. The molecule has 6 heteroatoms. The van der Waals surface area contributed by atoms with Crippen LogP contribution in [-0.4, -0.2) is 40.8 Å². The molecule has 1 saturated heterocycles. The predicted octanol–water partition coefficient (Wildman–Crippen LogP) is 3.94. The lowest BCUT2D eigenvalue weighted by molar-refractivity contribution is -0.138. The van der Waals surface area contributed by atoms with Crippen molar-refractivity contribution < 1.29 is 14.7 Å². The summed E-state index contributed by atoms with van der Waals surface area (Å²) in [5.74, 6) is -0.272. The molecule has 30 heavy (non-hydrogen) atoms. The second-order valence-corrected chi connectivity index (χ2v) is 8.26. The fraction of sp³-hybridized carbons (Fsp3) is 0.375. The van der Waals surface area contributed by atoms with Crippen molar-refractivity contribution in [2.75, 3.05) is 18.4 Å². The Hall–Kier alpha value is -3.15. The third kappa shape index (κ3) is 4.53. The Kier molecular flexibility index (Phi) is 5.84. The molecule has 0 radical (unpaired) electrons. The number of carboxylic acid groups (broad SMARTS) is 1. The highest BCUT2D eigenvalue weighted by molar-refractivity contribution is 6.05. The summed E-state index contributed by atoms with van der Waals surface area (Å²) in [5.41, 5.74) is 4.46. The van der Waals surface area contributed by atoms with Crippen LogP contribution in [0.15, 0.2) is 42.5 Å². The summed E-state index contributed by atoms with van der Waals surface area (Å²) in [7, 11) is 0. The summed E-state index contributed by atoms with van der Waals surface area (Å²) in [5, 5.41) is 20.3. The molecule has 2 aromatic rings. The molecule has 3 N–H and O–H groups in total. The van der Waals surface area contributed by atoms with E-state index in [1.54, 1.807) is 12.1 Å². The number of benzene rings is 2. The van der Waals surface area contributed by atoms with E-state index in [0.717, 1.165) is 62.0 Å². The standard InChI is InChI=1S/C24H27N3O3/c25-23(27-11-1-2-12-27)18-5-7-19(8-6-18)24(30)26-21-10-9-17-4-3-16(14-22(28)29)13-20(17)15-21/h5-10,15-16,25H,1-4,11-14H2,(H,26,30)(H,28,29). The molecule has 4 rings (SSSR count). The average molecular weight is 405 g/mol. The molecule has 2 aromatic carbocycles. The van der Waals surface area contributed by atoms with Crippen LogP contribution in [0.5, 0.6) is 0 Å². The van der Waals surface area contributed by atoms with E-state index in [1.807, 2.05) is 30.3 Å². The third-order valence-corrected chi connectivity index (χ3v) is 6.10. The van der Waals surface area contributed by atoms with Gasteiger partial charge in [-0.1, -0.05) is 18.2 Å². The van der Waals surface area contributed by atoms with E-state index in [2.05, 4.69) is 10.2 Å². The quantitative estimate of drug-likeness (QED) is 0.519. The van der Waals surface area contributed by atoms with Crippen LogP contribution in [0.2, 0.25) is 0 Å². The molecule has 156 valence electrons. The number of carboxylic acids is 1. The van der Waals surface area contributed by atoms with Gasteiger partial charge < -0.3 is 15.3 Å². The Labute approximate surface area is 176 Å². The second-order valence-electron chi connectivity index (χ2n) is 8.26. The van der Waals surface area contributed by atoms with Crippen LogP contribution in [0.4, 0.5) is 5.69 Å². The Balaban J connectivity index is 1.41. The van der Waals surface area contributed by atoms with Crippen LogP contribution >= 0.6 is 0 Å². The number of hydrogen-bond donors (Lipinski definition) is 3. The van der Waals surface area contributed by atoms with Crippen molar-refractivity contribution in [3.63, 3.8) is 0 Å². The van der Waals surface area contributed by atoms with Crippen LogP contribution in [-0.2, 0) is 17.6 Å². The Morgan fingerprint density at radius 2 is 1.73 bits per heavy atom. The number of fused-ring (bicyclic) bond motifs is 1. The number of likely N-dealkylation sites (tertiary alicyclic amines) is 1. The van der Waals surface area contributed by atoms with Crippen molar-refractivity contribution in [3.8, 4) is 0 Å². The lowest BCUT2D eigenvalue weighted by Gasteiger charge is -2.24. The highest BCUT2D eigenvalue weighted by Crippen LogP contribution is 2.29.